The molecule has 0 radical (unpaired) electrons. The SMILES string of the molecule is C[C@H](c1ncc(C(F)(F)F)cc1F)N(C)S(=O)(=O)c1ccccc1[N+](=O)[O-]. The fourth-order valence-corrected chi connectivity index (χ4v) is 3.76. The third-order valence-corrected chi connectivity index (χ3v) is 5.83. The van der Waals surface area contributed by atoms with E-state index in [1.807, 2.05) is 0 Å². The fourth-order valence-electron chi connectivity index (χ4n) is 2.27. The number of halogens is 4. The molecule has 0 aliphatic rings. The van der Waals surface area contributed by atoms with Crippen LogP contribution in [0, 0.1) is 15.9 Å². The van der Waals surface area contributed by atoms with Gasteiger partial charge in [-0.1, -0.05) is 12.1 Å². The molecule has 0 spiro atoms. The first-order chi connectivity index (χ1) is 12.4. The van der Waals surface area contributed by atoms with Gasteiger partial charge in [0.2, 0.25) is 10.0 Å². The summed E-state index contributed by atoms with van der Waals surface area (Å²) in [7, 11) is -3.43. The molecule has 0 aliphatic heterocycles. The Bertz CT molecular complexity index is 979. The molecule has 2 aromatic rings. The molecular formula is C15H13F4N3O4S. The maximum absolute atomic E-state index is 14.1. The van der Waals surface area contributed by atoms with Gasteiger partial charge < -0.3 is 0 Å². The molecule has 1 atom stereocenters. The maximum Gasteiger partial charge on any atom is 0.417 e. The highest BCUT2D eigenvalue weighted by molar-refractivity contribution is 7.89. The molecule has 0 unspecified atom stereocenters. The third-order valence-electron chi connectivity index (χ3n) is 3.86. The van der Waals surface area contributed by atoms with Gasteiger partial charge in [-0.25, -0.2) is 12.8 Å². The summed E-state index contributed by atoms with van der Waals surface area (Å²) in [6.45, 7) is 1.20. The second-order valence-corrected chi connectivity index (χ2v) is 7.48. The summed E-state index contributed by atoms with van der Waals surface area (Å²) < 4.78 is 77.9. The molecule has 12 heteroatoms. The maximum atomic E-state index is 14.1. The number of rotatable bonds is 5. The molecule has 0 saturated heterocycles. The lowest BCUT2D eigenvalue weighted by Gasteiger charge is -2.24. The molecule has 2 rings (SSSR count). The first-order valence-corrected chi connectivity index (χ1v) is 8.75. The van der Waals surface area contributed by atoms with Gasteiger partial charge in [-0.2, -0.15) is 17.5 Å². The zero-order chi connectivity index (χ0) is 20.6. The summed E-state index contributed by atoms with van der Waals surface area (Å²) >= 11 is 0. The number of hydrogen-bond acceptors (Lipinski definition) is 5. The lowest BCUT2D eigenvalue weighted by atomic mass is 10.1. The van der Waals surface area contributed by atoms with E-state index >= 15 is 0 Å². The van der Waals surface area contributed by atoms with Crippen molar-refractivity contribution < 1.29 is 30.9 Å². The van der Waals surface area contributed by atoms with E-state index in [9.17, 15) is 36.1 Å². The zero-order valence-corrected chi connectivity index (χ0v) is 14.8. The Balaban J connectivity index is 2.46. The summed E-state index contributed by atoms with van der Waals surface area (Å²) in [4.78, 5) is 12.9. The molecule has 1 aromatic carbocycles. The average Bonchev–Trinajstić information content (AvgIpc) is 2.59. The van der Waals surface area contributed by atoms with Crippen molar-refractivity contribution in [1.82, 2.24) is 9.29 Å². The van der Waals surface area contributed by atoms with Gasteiger partial charge in [-0.15, -0.1) is 0 Å². The van der Waals surface area contributed by atoms with Crippen LogP contribution in [0.25, 0.3) is 0 Å². The van der Waals surface area contributed by atoms with E-state index in [1.54, 1.807) is 0 Å². The molecule has 0 amide bonds. The minimum atomic E-state index is -4.81. The molecular weight excluding hydrogens is 394 g/mol. The normalized spacial score (nSPS) is 13.6. The Kier molecular flexibility index (Phi) is 5.52. The number of pyridine rings is 1. The van der Waals surface area contributed by atoms with E-state index in [0.29, 0.717) is 10.5 Å². The highest BCUT2D eigenvalue weighted by Crippen LogP contribution is 2.33. The van der Waals surface area contributed by atoms with Gasteiger partial charge in [0.25, 0.3) is 5.69 Å². The van der Waals surface area contributed by atoms with Crippen molar-refractivity contribution in [2.24, 2.45) is 0 Å². The first-order valence-electron chi connectivity index (χ1n) is 7.31. The zero-order valence-electron chi connectivity index (χ0n) is 13.9. The van der Waals surface area contributed by atoms with Gasteiger partial charge in [0.15, 0.2) is 4.90 Å². The van der Waals surface area contributed by atoms with E-state index in [0.717, 1.165) is 19.2 Å². The smallest absolute Gasteiger partial charge is 0.258 e. The van der Waals surface area contributed by atoms with Crippen LogP contribution in [-0.2, 0) is 16.2 Å². The number of alkyl halides is 3. The summed E-state index contributed by atoms with van der Waals surface area (Å²) in [5.74, 6) is -1.35. The fraction of sp³-hybridized carbons (Fsp3) is 0.267. The Morgan fingerprint density at radius 1 is 1.26 bits per heavy atom. The number of nitro benzene ring substituents is 1. The van der Waals surface area contributed by atoms with Crippen molar-refractivity contribution in [1.29, 1.82) is 0 Å². The number of para-hydroxylation sites is 1. The summed E-state index contributed by atoms with van der Waals surface area (Å²) in [5, 5.41) is 11.1. The van der Waals surface area contributed by atoms with Crippen LogP contribution in [0.3, 0.4) is 0 Å². The van der Waals surface area contributed by atoms with Crippen LogP contribution in [0.2, 0.25) is 0 Å². The molecule has 27 heavy (non-hydrogen) atoms. The minimum absolute atomic E-state index is 0.213. The van der Waals surface area contributed by atoms with Gasteiger partial charge in [0.1, 0.15) is 5.82 Å². The highest BCUT2D eigenvalue weighted by Gasteiger charge is 2.36. The Labute approximate surface area is 151 Å². The minimum Gasteiger partial charge on any atom is -0.258 e. The van der Waals surface area contributed by atoms with Crippen LogP contribution in [0.5, 0.6) is 0 Å². The highest BCUT2D eigenvalue weighted by atomic mass is 32.2. The number of nitro groups is 1. The van der Waals surface area contributed by atoms with E-state index in [2.05, 4.69) is 4.98 Å². The molecule has 0 bridgehead atoms. The summed E-state index contributed by atoms with van der Waals surface area (Å²) in [6.07, 6.45) is -4.42. The van der Waals surface area contributed by atoms with Crippen molar-refractivity contribution in [3.8, 4) is 0 Å². The predicted molar refractivity (Wildman–Crippen MR) is 85.7 cm³/mol. The first kappa shape index (κ1) is 20.7. The quantitative estimate of drug-likeness (QED) is 0.429. The molecule has 7 nitrogen and oxygen atoms in total. The number of sulfonamides is 1. The van der Waals surface area contributed by atoms with Gasteiger partial charge in [-0.3, -0.25) is 15.1 Å². The predicted octanol–water partition coefficient (Wildman–Crippen LogP) is 3.53. The third kappa shape index (κ3) is 4.06. The molecule has 1 aromatic heterocycles. The van der Waals surface area contributed by atoms with Crippen molar-refractivity contribution >= 4 is 15.7 Å². The lowest BCUT2D eigenvalue weighted by Crippen LogP contribution is -2.31. The molecule has 1 heterocycles. The monoisotopic (exact) mass is 407 g/mol. The lowest BCUT2D eigenvalue weighted by molar-refractivity contribution is -0.387. The van der Waals surface area contributed by atoms with Gasteiger partial charge >= 0.3 is 6.18 Å². The van der Waals surface area contributed by atoms with Crippen molar-refractivity contribution in [3.63, 3.8) is 0 Å². The molecule has 0 N–H and O–H groups in total. The molecule has 0 fully saturated rings. The van der Waals surface area contributed by atoms with E-state index in [-0.39, 0.29) is 6.07 Å². The summed E-state index contributed by atoms with van der Waals surface area (Å²) in [6, 6.07) is 3.43. The largest absolute Gasteiger partial charge is 0.417 e. The average molecular weight is 407 g/mol. The number of aromatic nitrogens is 1. The van der Waals surface area contributed by atoms with Crippen molar-refractivity contribution in [3.05, 3.63) is 63.7 Å². The van der Waals surface area contributed by atoms with E-state index in [1.165, 1.54) is 19.1 Å². The van der Waals surface area contributed by atoms with Crippen LogP contribution < -0.4 is 0 Å². The van der Waals surface area contributed by atoms with Gasteiger partial charge in [-0.05, 0) is 19.1 Å². The van der Waals surface area contributed by atoms with Crippen LogP contribution in [0.15, 0.2) is 41.4 Å². The van der Waals surface area contributed by atoms with Crippen LogP contribution in [0.1, 0.15) is 24.2 Å². The number of benzene rings is 1. The van der Waals surface area contributed by atoms with E-state index < -0.39 is 54.8 Å². The summed E-state index contributed by atoms with van der Waals surface area (Å²) in [5.41, 5.74) is -2.55. The Hall–Kier alpha value is -2.60. The van der Waals surface area contributed by atoms with E-state index in [4.69, 9.17) is 0 Å². The standard InChI is InChI=1S/C15H13F4N3O4S/c1-9(14-11(16)7-10(8-20-14)15(17,18)19)21(2)27(25,26)13-6-4-3-5-12(13)22(23)24/h3-9H,1-2H3/t9-/m1/s1. The second kappa shape index (κ2) is 7.19. The molecule has 0 saturated carbocycles. The van der Waals surface area contributed by atoms with Crippen molar-refractivity contribution in [2.45, 2.75) is 24.0 Å². The topological polar surface area (TPSA) is 93.4 Å². The van der Waals surface area contributed by atoms with Crippen LogP contribution >= 0.6 is 0 Å². The molecule has 146 valence electrons. The Morgan fingerprint density at radius 2 is 1.85 bits per heavy atom. The van der Waals surface area contributed by atoms with Crippen LogP contribution in [0.4, 0.5) is 23.2 Å². The number of nitrogens with zero attached hydrogens (tertiary/aromatic N) is 3. The number of hydrogen-bond donors (Lipinski definition) is 0. The van der Waals surface area contributed by atoms with Gasteiger partial charge in [0.05, 0.1) is 22.2 Å². The van der Waals surface area contributed by atoms with Crippen LogP contribution in [-0.4, -0.2) is 29.7 Å². The second-order valence-electron chi connectivity index (χ2n) is 5.51. The van der Waals surface area contributed by atoms with Crippen molar-refractivity contribution in [2.75, 3.05) is 7.05 Å². The molecule has 0 aliphatic carbocycles. The Morgan fingerprint density at radius 3 is 2.37 bits per heavy atom. The van der Waals surface area contributed by atoms with Gasteiger partial charge in [0, 0.05) is 19.3 Å².